The van der Waals surface area contributed by atoms with Crippen LogP contribution >= 0.6 is 0 Å². The first-order valence-corrected chi connectivity index (χ1v) is 12.2. The van der Waals surface area contributed by atoms with Crippen molar-refractivity contribution in [3.63, 3.8) is 0 Å². The molecule has 0 radical (unpaired) electrons. The van der Waals surface area contributed by atoms with Gasteiger partial charge in [0, 0.05) is 19.0 Å². The molecular weight excluding hydrogens is 444 g/mol. The van der Waals surface area contributed by atoms with Gasteiger partial charge in [-0.15, -0.1) is 0 Å². The average molecular weight is 481 g/mol. The van der Waals surface area contributed by atoms with Crippen molar-refractivity contribution < 1.29 is 24.2 Å². The Hall–Kier alpha value is -3.35. The van der Waals surface area contributed by atoms with E-state index in [1.54, 1.807) is 0 Å². The molecule has 0 saturated heterocycles. The lowest BCUT2D eigenvalue weighted by atomic mass is 9.94. The summed E-state index contributed by atoms with van der Waals surface area (Å²) in [6.45, 7) is 8.09. The van der Waals surface area contributed by atoms with Crippen molar-refractivity contribution in [2.75, 3.05) is 26.2 Å². The molecule has 35 heavy (non-hydrogen) atoms. The van der Waals surface area contributed by atoms with Crippen molar-refractivity contribution in [3.05, 3.63) is 59.7 Å². The van der Waals surface area contributed by atoms with Gasteiger partial charge in [0.2, 0.25) is 5.91 Å². The predicted molar refractivity (Wildman–Crippen MR) is 135 cm³/mol. The van der Waals surface area contributed by atoms with Gasteiger partial charge in [-0.05, 0) is 34.1 Å². The van der Waals surface area contributed by atoms with E-state index in [1.807, 2.05) is 52.0 Å². The maximum absolute atomic E-state index is 13.2. The van der Waals surface area contributed by atoms with Gasteiger partial charge in [0.1, 0.15) is 13.2 Å². The molecule has 3 rings (SSSR count). The first kappa shape index (κ1) is 26.3. The number of benzene rings is 2. The SMILES string of the molecule is CCCC(CNC(=O)OCC1c2ccccc2-c2ccccc21)C(=O)N(CC(=O)O)CC(C)(C)C. The number of carbonyl (C=O) groups is 3. The Morgan fingerprint density at radius 1 is 1.03 bits per heavy atom. The smallest absolute Gasteiger partial charge is 0.407 e. The number of amides is 2. The van der Waals surface area contributed by atoms with E-state index in [0.717, 1.165) is 28.7 Å². The second-order valence-corrected chi connectivity index (χ2v) is 10.3. The molecule has 2 aromatic rings. The molecule has 2 N–H and O–H groups in total. The third kappa shape index (κ3) is 6.84. The van der Waals surface area contributed by atoms with Crippen LogP contribution in [-0.2, 0) is 14.3 Å². The predicted octanol–water partition coefficient (Wildman–Crippen LogP) is 4.90. The van der Waals surface area contributed by atoms with Crippen LogP contribution in [-0.4, -0.2) is 54.2 Å². The zero-order chi connectivity index (χ0) is 25.6. The number of hydrogen-bond donors (Lipinski definition) is 2. The fourth-order valence-corrected chi connectivity index (χ4v) is 4.72. The Balaban J connectivity index is 1.62. The third-order valence-electron chi connectivity index (χ3n) is 6.13. The van der Waals surface area contributed by atoms with Gasteiger partial charge >= 0.3 is 12.1 Å². The minimum atomic E-state index is -1.05. The van der Waals surface area contributed by atoms with Crippen LogP contribution in [0, 0.1) is 11.3 Å². The number of ether oxygens (including phenoxy) is 1. The van der Waals surface area contributed by atoms with E-state index in [0.29, 0.717) is 13.0 Å². The Morgan fingerprint density at radius 3 is 2.11 bits per heavy atom. The van der Waals surface area contributed by atoms with E-state index in [2.05, 4.69) is 29.6 Å². The lowest BCUT2D eigenvalue weighted by Crippen LogP contribution is -2.46. The molecule has 0 saturated carbocycles. The fourth-order valence-electron chi connectivity index (χ4n) is 4.72. The van der Waals surface area contributed by atoms with Crippen LogP contribution in [0.25, 0.3) is 11.1 Å². The number of hydrogen-bond acceptors (Lipinski definition) is 4. The second kappa shape index (κ2) is 11.4. The summed E-state index contributed by atoms with van der Waals surface area (Å²) in [7, 11) is 0. The molecule has 1 unspecified atom stereocenters. The molecule has 0 spiro atoms. The number of fused-ring (bicyclic) bond motifs is 3. The number of carboxylic acid groups (broad SMARTS) is 1. The maximum atomic E-state index is 13.2. The van der Waals surface area contributed by atoms with E-state index < -0.39 is 18.0 Å². The molecule has 2 amide bonds. The van der Waals surface area contributed by atoms with Crippen molar-refractivity contribution in [1.29, 1.82) is 0 Å². The average Bonchev–Trinajstić information content (AvgIpc) is 3.12. The highest BCUT2D eigenvalue weighted by molar-refractivity contribution is 5.84. The van der Waals surface area contributed by atoms with Gasteiger partial charge in [0.25, 0.3) is 0 Å². The number of aliphatic carboxylic acids is 1. The molecule has 7 nitrogen and oxygen atoms in total. The first-order valence-electron chi connectivity index (χ1n) is 12.2. The number of carbonyl (C=O) groups excluding carboxylic acids is 2. The second-order valence-electron chi connectivity index (χ2n) is 10.3. The summed E-state index contributed by atoms with van der Waals surface area (Å²) in [4.78, 5) is 38.5. The van der Waals surface area contributed by atoms with Crippen molar-refractivity contribution in [1.82, 2.24) is 10.2 Å². The normalized spacial score (nSPS) is 13.5. The zero-order valence-corrected chi connectivity index (χ0v) is 21.0. The molecular formula is C28H36N2O5. The van der Waals surface area contributed by atoms with Gasteiger partial charge in [0.15, 0.2) is 0 Å². The van der Waals surface area contributed by atoms with Crippen LogP contribution in [0.5, 0.6) is 0 Å². The van der Waals surface area contributed by atoms with Gasteiger partial charge < -0.3 is 20.1 Å². The summed E-state index contributed by atoms with van der Waals surface area (Å²) in [6.07, 6.45) is 0.698. The summed E-state index contributed by atoms with van der Waals surface area (Å²) in [5.41, 5.74) is 4.33. The molecule has 0 aliphatic heterocycles. The molecule has 0 bridgehead atoms. The Morgan fingerprint density at radius 2 is 1.60 bits per heavy atom. The minimum Gasteiger partial charge on any atom is -0.480 e. The monoisotopic (exact) mass is 480 g/mol. The highest BCUT2D eigenvalue weighted by atomic mass is 16.5. The Bertz CT molecular complexity index is 1010. The number of nitrogens with zero attached hydrogens (tertiary/aromatic N) is 1. The standard InChI is InChI=1S/C28H36N2O5/c1-5-10-19(26(33)30(16-25(31)32)18-28(2,3)4)15-29-27(34)35-17-24-22-13-8-6-11-20(22)21-12-7-9-14-23(21)24/h6-9,11-14,19,24H,5,10,15-18H2,1-4H3,(H,29,34)(H,31,32). The van der Waals surface area contributed by atoms with Crippen molar-refractivity contribution in [2.45, 2.75) is 46.5 Å². The van der Waals surface area contributed by atoms with Crippen LogP contribution in [0.15, 0.2) is 48.5 Å². The van der Waals surface area contributed by atoms with Crippen LogP contribution < -0.4 is 5.32 Å². The lowest BCUT2D eigenvalue weighted by Gasteiger charge is -2.31. The largest absolute Gasteiger partial charge is 0.480 e. The zero-order valence-electron chi connectivity index (χ0n) is 21.0. The number of rotatable bonds is 10. The lowest BCUT2D eigenvalue weighted by molar-refractivity contribution is -0.147. The molecule has 0 fully saturated rings. The van der Waals surface area contributed by atoms with Crippen molar-refractivity contribution in [3.8, 4) is 11.1 Å². The Kier molecular flexibility index (Phi) is 8.54. The summed E-state index contributed by atoms with van der Waals surface area (Å²) in [5, 5.41) is 12.0. The van der Waals surface area contributed by atoms with Crippen LogP contribution in [0.2, 0.25) is 0 Å². The minimum absolute atomic E-state index is 0.0425. The molecule has 1 aliphatic rings. The van der Waals surface area contributed by atoms with E-state index in [4.69, 9.17) is 4.74 Å². The maximum Gasteiger partial charge on any atom is 0.407 e. The first-order chi connectivity index (χ1) is 16.6. The number of nitrogens with one attached hydrogen (secondary N) is 1. The Labute approximate surface area is 207 Å². The number of carboxylic acids is 1. The quantitative estimate of drug-likeness (QED) is 0.504. The van der Waals surface area contributed by atoms with Crippen LogP contribution in [0.3, 0.4) is 0 Å². The van der Waals surface area contributed by atoms with Crippen molar-refractivity contribution in [2.24, 2.45) is 11.3 Å². The molecule has 2 aromatic carbocycles. The van der Waals surface area contributed by atoms with Crippen LogP contribution in [0.1, 0.15) is 57.6 Å². The van der Waals surface area contributed by atoms with E-state index in [1.165, 1.54) is 4.90 Å². The molecule has 1 atom stereocenters. The molecule has 1 aliphatic carbocycles. The highest BCUT2D eigenvalue weighted by Gasteiger charge is 2.31. The number of alkyl carbamates (subject to hydrolysis) is 1. The fraction of sp³-hybridized carbons (Fsp3) is 0.464. The summed E-state index contributed by atoms with van der Waals surface area (Å²) in [5.74, 6) is -1.87. The molecule has 0 aromatic heterocycles. The molecule has 0 heterocycles. The summed E-state index contributed by atoms with van der Waals surface area (Å²) < 4.78 is 5.58. The van der Waals surface area contributed by atoms with Gasteiger partial charge in [-0.1, -0.05) is 82.6 Å². The van der Waals surface area contributed by atoms with E-state index in [9.17, 15) is 19.5 Å². The molecule has 7 heteroatoms. The van der Waals surface area contributed by atoms with Gasteiger partial charge in [-0.3, -0.25) is 9.59 Å². The third-order valence-corrected chi connectivity index (χ3v) is 6.13. The summed E-state index contributed by atoms with van der Waals surface area (Å²) >= 11 is 0. The van der Waals surface area contributed by atoms with Crippen molar-refractivity contribution >= 4 is 18.0 Å². The van der Waals surface area contributed by atoms with Gasteiger partial charge in [0.05, 0.1) is 5.92 Å². The van der Waals surface area contributed by atoms with Gasteiger partial charge in [-0.2, -0.15) is 0 Å². The van der Waals surface area contributed by atoms with Crippen LogP contribution in [0.4, 0.5) is 4.79 Å². The highest BCUT2D eigenvalue weighted by Crippen LogP contribution is 2.44. The van der Waals surface area contributed by atoms with Gasteiger partial charge in [-0.25, -0.2) is 4.79 Å². The van der Waals surface area contributed by atoms with E-state index >= 15 is 0 Å². The topological polar surface area (TPSA) is 95.9 Å². The molecule has 188 valence electrons. The van der Waals surface area contributed by atoms with E-state index in [-0.39, 0.29) is 36.9 Å². The summed E-state index contributed by atoms with van der Waals surface area (Å²) in [6, 6.07) is 16.3.